The van der Waals surface area contributed by atoms with Crippen molar-refractivity contribution in [2.45, 2.75) is 6.54 Å². The molecule has 0 aliphatic heterocycles. The molecule has 19 heavy (non-hydrogen) atoms. The van der Waals surface area contributed by atoms with Gasteiger partial charge in [-0.3, -0.25) is 4.98 Å². The van der Waals surface area contributed by atoms with Gasteiger partial charge in [-0.2, -0.15) is 0 Å². The van der Waals surface area contributed by atoms with E-state index in [0.717, 1.165) is 23.5 Å². The number of fused-ring (bicyclic) bond motifs is 1. The van der Waals surface area contributed by atoms with Crippen molar-refractivity contribution in [3.63, 3.8) is 0 Å². The number of imidazole rings is 1. The summed E-state index contributed by atoms with van der Waals surface area (Å²) in [7, 11) is 4.10. The number of aromatic nitrogens is 3. The van der Waals surface area contributed by atoms with E-state index >= 15 is 0 Å². The molecule has 4 nitrogen and oxygen atoms in total. The van der Waals surface area contributed by atoms with Crippen LogP contribution in [0.25, 0.3) is 11.0 Å². The van der Waals surface area contributed by atoms with Gasteiger partial charge in [-0.25, -0.2) is 4.98 Å². The molecule has 0 aliphatic rings. The Morgan fingerprint density at radius 1 is 1.16 bits per heavy atom. The number of rotatable bonds is 3. The molecule has 0 amide bonds. The molecule has 0 saturated heterocycles. The van der Waals surface area contributed by atoms with E-state index < -0.39 is 0 Å². The number of hydrogen-bond donors (Lipinski definition) is 0. The summed E-state index contributed by atoms with van der Waals surface area (Å²) < 4.78 is 2.12. The third-order valence-corrected chi connectivity index (χ3v) is 3.25. The van der Waals surface area contributed by atoms with Gasteiger partial charge in [-0.15, -0.1) is 0 Å². The molecule has 3 aromatic rings. The number of aryl methyl sites for hydroxylation is 1. The lowest BCUT2D eigenvalue weighted by Gasteiger charge is -2.18. The number of pyridine rings is 1. The van der Waals surface area contributed by atoms with Gasteiger partial charge in [0.15, 0.2) is 0 Å². The number of anilines is 1. The molecule has 0 aliphatic carbocycles. The molecule has 0 fully saturated rings. The molecule has 3 rings (SSSR count). The Morgan fingerprint density at radius 3 is 2.74 bits per heavy atom. The predicted octanol–water partition coefficient (Wildman–Crippen LogP) is 2.60. The van der Waals surface area contributed by atoms with Crippen molar-refractivity contribution >= 4 is 17.0 Å². The molecule has 2 heterocycles. The second-order valence-corrected chi connectivity index (χ2v) is 4.68. The average Bonchev–Trinajstić information content (AvgIpc) is 2.78. The first-order valence-electron chi connectivity index (χ1n) is 6.27. The summed E-state index contributed by atoms with van der Waals surface area (Å²) in [6.45, 7) is 0.797. The standard InChI is InChI=1S/C15H16N4/c1-18(11-12-6-5-9-16-10-12)15-17-13-7-3-4-8-14(13)19(15)2/h3-10H,11H2,1-2H3. The van der Waals surface area contributed by atoms with Crippen molar-refractivity contribution in [3.05, 3.63) is 54.4 Å². The van der Waals surface area contributed by atoms with Gasteiger partial charge in [0.05, 0.1) is 11.0 Å². The molecular weight excluding hydrogens is 236 g/mol. The number of nitrogens with zero attached hydrogens (tertiary/aromatic N) is 4. The van der Waals surface area contributed by atoms with Crippen molar-refractivity contribution in [1.82, 2.24) is 14.5 Å². The Balaban J connectivity index is 1.93. The van der Waals surface area contributed by atoms with Crippen molar-refractivity contribution in [3.8, 4) is 0 Å². The summed E-state index contributed by atoms with van der Waals surface area (Å²) in [5.74, 6) is 0.963. The summed E-state index contributed by atoms with van der Waals surface area (Å²) in [4.78, 5) is 11.0. The van der Waals surface area contributed by atoms with Crippen LogP contribution >= 0.6 is 0 Å². The van der Waals surface area contributed by atoms with Crippen LogP contribution in [0, 0.1) is 0 Å². The average molecular weight is 252 g/mol. The fraction of sp³-hybridized carbons (Fsp3) is 0.200. The van der Waals surface area contributed by atoms with Crippen molar-refractivity contribution < 1.29 is 0 Å². The molecule has 0 atom stereocenters. The first-order chi connectivity index (χ1) is 9.25. The van der Waals surface area contributed by atoms with E-state index in [1.807, 2.05) is 44.6 Å². The predicted molar refractivity (Wildman–Crippen MR) is 77.1 cm³/mol. The summed E-state index contributed by atoms with van der Waals surface area (Å²) in [6.07, 6.45) is 3.68. The van der Waals surface area contributed by atoms with E-state index in [1.54, 1.807) is 6.20 Å². The summed E-state index contributed by atoms with van der Waals surface area (Å²) >= 11 is 0. The van der Waals surface area contributed by atoms with Crippen LogP contribution in [0.3, 0.4) is 0 Å². The lowest BCUT2D eigenvalue weighted by atomic mass is 10.3. The second-order valence-electron chi connectivity index (χ2n) is 4.68. The highest BCUT2D eigenvalue weighted by atomic mass is 15.3. The molecule has 4 heteroatoms. The number of para-hydroxylation sites is 2. The van der Waals surface area contributed by atoms with E-state index in [-0.39, 0.29) is 0 Å². The highest BCUT2D eigenvalue weighted by Gasteiger charge is 2.11. The quantitative estimate of drug-likeness (QED) is 0.718. The van der Waals surface area contributed by atoms with Crippen LogP contribution in [-0.4, -0.2) is 21.6 Å². The SMILES string of the molecule is CN(Cc1cccnc1)c1nc2ccccc2n1C. The smallest absolute Gasteiger partial charge is 0.206 e. The first-order valence-corrected chi connectivity index (χ1v) is 6.27. The Kier molecular flexibility index (Phi) is 2.91. The first kappa shape index (κ1) is 11.7. The van der Waals surface area contributed by atoms with E-state index in [4.69, 9.17) is 0 Å². The zero-order valence-electron chi connectivity index (χ0n) is 11.1. The van der Waals surface area contributed by atoms with Gasteiger partial charge in [-0.1, -0.05) is 18.2 Å². The van der Waals surface area contributed by atoms with Crippen LogP contribution < -0.4 is 4.90 Å². The molecular formula is C15H16N4. The highest BCUT2D eigenvalue weighted by molar-refractivity contribution is 5.78. The Hall–Kier alpha value is -2.36. The minimum absolute atomic E-state index is 0.797. The van der Waals surface area contributed by atoms with Crippen molar-refractivity contribution in [1.29, 1.82) is 0 Å². The maximum absolute atomic E-state index is 4.68. The monoisotopic (exact) mass is 252 g/mol. The molecule has 2 aromatic heterocycles. The van der Waals surface area contributed by atoms with Gasteiger partial charge < -0.3 is 9.47 Å². The zero-order valence-corrected chi connectivity index (χ0v) is 11.1. The van der Waals surface area contributed by atoms with Crippen LogP contribution in [-0.2, 0) is 13.6 Å². The van der Waals surface area contributed by atoms with Gasteiger partial charge in [0.2, 0.25) is 5.95 Å². The summed E-state index contributed by atoms with van der Waals surface area (Å²) in [5.41, 5.74) is 3.35. The topological polar surface area (TPSA) is 34.0 Å². The molecule has 1 aromatic carbocycles. The number of hydrogen-bond acceptors (Lipinski definition) is 3. The summed E-state index contributed by atoms with van der Waals surface area (Å²) in [6, 6.07) is 12.2. The normalized spacial score (nSPS) is 10.8. The van der Waals surface area contributed by atoms with Gasteiger partial charge >= 0.3 is 0 Å². The molecule has 0 N–H and O–H groups in total. The van der Waals surface area contributed by atoms with E-state index in [1.165, 1.54) is 5.56 Å². The molecule has 0 unspecified atom stereocenters. The fourth-order valence-corrected chi connectivity index (χ4v) is 2.31. The largest absolute Gasteiger partial charge is 0.341 e. The second kappa shape index (κ2) is 4.72. The van der Waals surface area contributed by atoms with Crippen molar-refractivity contribution in [2.75, 3.05) is 11.9 Å². The van der Waals surface area contributed by atoms with Gasteiger partial charge in [0.1, 0.15) is 0 Å². The molecule has 96 valence electrons. The van der Waals surface area contributed by atoms with E-state index in [2.05, 4.69) is 31.6 Å². The Labute approximate surface area is 112 Å². The molecule has 0 spiro atoms. The fourth-order valence-electron chi connectivity index (χ4n) is 2.31. The minimum Gasteiger partial charge on any atom is -0.341 e. The van der Waals surface area contributed by atoms with Crippen LogP contribution in [0.2, 0.25) is 0 Å². The van der Waals surface area contributed by atoms with Crippen LogP contribution in [0.5, 0.6) is 0 Å². The van der Waals surface area contributed by atoms with Gasteiger partial charge in [0.25, 0.3) is 0 Å². The molecule has 0 saturated carbocycles. The zero-order chi connectivity index (χ0) is 13.2. The van der Waals surface area contributed by atoms with Gasteiger partial charge in [0, 0.05) is 33.0 Å². The Morgan fingerprint density at radius 2 is 2.00 bits per heavy atom. The van der Waals surface area contributed by atoms with Crippen LogP contribution in [0.15, 0.2) is 48.8 Å². The molecule has 0 bridgehead atoms. The van der Waals surface area contributed by atoms with E-state index in [0.29, 0.717) is 0 Å². The number of benzene rings is 1. The maximum Gasteiger partial charge on any atom is 0.206 e. The van der Waals surface area contributed by atoms with Crippen LogP contribution in [0.4, 0.5) is 5.95 Å². The third-order valence-electron chi connectivity index (χ3n) is 3.25. The van der Waals surface area contributed by atoms with Gasteiger partial charge in [-0.05, 0) is 23.8 Å². The molecule has 0 radical (unpaired) electrons. The lowest BCUT2D eigenvalue weighted by molar-refractivity contribution is 0.816. The highest BCUT2D eigenvalue weighted by Crippen LogP contribution is 2.21. The lowest BCUT2D eigenvalue weighted by Crippen LogP contribution is -2.20. The minimum atomic E-state index is 0.797. The third kappa shape index (κ3) is 2.17. The van der Waals surface area contributed by atoms with Crippen molar-refractivity contribution in [2.24, 2.45) is 7.05 Å². The summed E-state index contributed by atoms with van der Waals surface area (Å²) in [5, 5.41) is 0. The van der Waals surface area contributed by atoms with E-state index in [9.17, 15) is 0 Å². The maximum atomic E-state index is 4.68. The Bertz CT molecular complexity index is 688. The van der Waals surface area contributed by atoms with Crippen LogP contribution in [0.1, 0.15) is 5.56 Å².